The van der Waals surface area contributed by atoms with Crippen molar-refractivity contribution < 1.29 is 4.42 Å². The Bertz CT molecular complexity index is 3340. The molecule has 2 nitrogen and oxygen atoms in total. The topological polar surface area (TPSA) is 16.4 Å². The highest BCUT2D eigenvalue weighted by molar-refractivity contribution is 6.09. The number of fused-ring (bicyclic) bond motifs is 9. The average molecular weight is 796 g/mol. The minimum absolute atomic E-state index is 0.153. The average Bonchev–Trinajstić information content (AvgIpc) is 3.92. The molecule has 0 saturated carbocycles. The molecule has 0 N–H and O–H groups in total. The summed E-state index contributed by atoms with van der Waals surface area (Å²) in [5.74, 6) is 0. The summed E-state index contributed by atoms with van der Waals surface area (Å²) < 4.78 is 6.52. The molecule has 0 fully saturated rings. The summed E-state index contributed by atoms with van der Waals surface area (Å²) in [7, 11) is 0. The highest BCUT2D eigenvalue weighted by Gasteiger charge is 2.47. The number of benzene rings is 9. The number of hydrogen-bond donors (Lipinski definition) is 0. The Labute approximate surface area is 363 Å². The van der Waals surface area contributed by atoms with E-state index in [9.17, 15) is 0 Å². The van der Waals surface area contributed by atoms with Gasteiger partial charge >= 0.3 is 0 Å². The molecule has 9 aromatic carbocycles. The van der Waals surface area contributed by atoms with Crippen molar-refractivity contribution >= 4 is 39.0 Å². The van der Waals surface area contributed by atoms with Crippen LogP contribution >= 0.6 is 0 Å². The smallest absolute Gasteiger partial charge is 0.143 e. The Hall–Kier alpha value is -7.42. The zero-order valence-corrected chi connectivity index (χ0v) is 35.4. The van der Waals surface area contributed by atoms with Gasteiger partial charge in [-0.25, -0.2) is 0 Å². The number of para-hydroxylation sites is 2. The molecule has 296 valence electrons. The van der Waals surface area contributed by atoms with Gasteiger partial charge in [0.15, 0.2) is 0 Å². The van der Waals surface area contributed by atoms with Crippen molar-refractivity contribution in [3.63, 3.8) is 0 Å². The van der Waals surface area contributed by atoms with Crippen LogP contribution in [0.25, 0.3) is 55.3 Å². The lowest BCUT2D eigenvalue weighted by Crippen LogP contribution is -2.28. The van der Waals surface area contributed by atoms with Gasteiger partial charge < -0.3 is 9.32 Å². The molecule has 2 aliphatic rings. The summed E-state index contributed by atoms with van der Waals surface area (Å²) in [5.41, 5.74) is 22.2. The van der Waals surface area contributed by atoms with Crippen molar-refractivity contribution in [1.82, 2.24) is 0 Å². The van der Waals surface area contributed by atoms with E-state index in [1.807, 2.05) is 6.07 Å². The summed E-state index contributed by atoms with van der Waals surface area (Å²) in [5, 5.41) is 2.27. The highest BCUT2D eigenvalue weighted by atomic mass is 16.3. The van der Waals surface area contributed by atoms with Crippen LogP contribution in [-0.2, 0) is 10.8 Å². The van der Waals surface area contributed by atoms with E-state index in [1.54, 1.807) is 0 Å². The maximum absolute atomic E-state index is 6.52. The highest BCUT2D eigenvalue weighted by Crippen LogP contribution is 2.60. The van der Waals surface area contributed by atoms with Crippen molar-refractivity contribution in [2.24, 2.45) is 0 Å². The van der Waals surface area contributed by atoms with Crippen molar-refractivity contribution in [3.05, 3.63) is 245 Å². The van der Waals surface area contributed by atoms with Gasteiger partial charge in [0.2, 0.25) is 0 Å². The maximum atomic E-state index is 6.52. The van der Waals surface area contributed by atoms with Crippen LogP contribution < -0.4 is 4.90 Å². The van der Waals surface area contributed by atoms with Gasteiger partial charge in [-0.2, -0.15) is 0 Å². The third-order valence-electron chi connectivity index (χ3n) is 13.9. The minimum atomic E-state index is -0.522. The normalized spacial score (nSPS) is 14.1. The van der Waals surface area contributed by atoms with Gasteiger partial charge in [0.05, 0.1) is 11.1 Å². The lowest BCUT2D eigenvalue weighted by molar-refractivity contribution is 0.660. The summed E-state index contributed by atoms with van der Waals surface area (Å²) in [6.07, 6.45) is 0. The van der Waals surface area contributed by atoms with E-state index in [2.05, 4.69) is 227 Å². The lowest BCUT2D eigenvalue weighted by Gasteiger charge is -2.35. The second-order valence-corrected chi connectivity index (χ2v) is 17.8. The van der Waals surface area contributed by atoms with Crippen molar-refractivity contribution in [2.45, 2.75) is 38.5 Å². The fourth-order valence-electron chi connectivity index (χ4n) is 10.9. The molecule has 62 heavy (non-hydrogen) atoms. The minimum Gasteiger partial charge on any atom is -0.455 e. The molecule has 1 heterocycles. The van der Waals surface area contributed by atoms with Crippen LogP contribution in [0.2, 0.25) is 0 Å². The summed E-state index contributed by atoms with van der Waals surface area (Å²) in [6.45, 7) is 9.09. The molecule has 0 spiro atoms. The molecule has 0 saturated heterocycles. The first-order valence-electron chi connectivity index (χ1n) is 21.8. The number of rotatable bonds is 6. The summed E-state index contributed by atoms with van der Waals surface area (Å²) >= 11 is 0. The van der Waals surface area contributed by atoms with Crippen LogP contribution in [0.1, 0.15) is 58.4 Å². The van der Waals surface area contributed by atoms with E-state index in [-0.39, 0.29) is 5.41 Å². The van der Waals surface area contributed by atoms with Crippen LogP contribution in [-0.4, -0.2) is 0 Å². The Morgan fingerprint density at radius 3 is 1.73 bits per heavy atom. The third kappa shape index (κ3) is 5.16. The van der Waals surface area contributed by atoms with Gasteiger partial charge in [0, 0.05) is 38.7 Å². The standard InChI is InChI=1S/C60H45NO/c1-38-23-29-41(30-24-38)60(42-31-25-39(2)26-32-42)52-19-9-6-15-50(52)57-53(60)20-12-21-55(57)61(44-35-36-47-46-13-5-8-18-51(46)59(3,4)54(47)37-44)43-33-27-40(28-34-43)45-16-11-17-49-48-14-7-10-22-56(48)62-58(45)49/h5-37H,1-4H3. The number of anilines is 3. The molecule has 10 aromatic rings. The fraction of sp³-hybridized carbons (Fsp3) is 0.100. The monoisotopic (exact) mass is 795 g/mol. The van der Waals surface area contributed by atoms with Gasteiger partial charge in [-0.15, -0.1) is 0 Å². The van der Waals surface area contributed by atoms with Gasteiger partial charge in [-0.05, 0) is 106 Å². The second kappa shape index (κ2) is 13.5. The predicted octanol–water partition coefficient (Wildman–Crippen LogP) is 16.0. The molecule has 12 rings (SSSR count). The quantitative estimate of drug-likeness (QED) is 0.167. The number of nitrogens with zero attached hydrogens (tertiary/aromatic N) is 1. The van der Waals surface area contributed by atoms with E-state index in [1.165, 1.54) is 66.8 Å². The van der Waals surface area contributed by atoms with Crippen LogP contribution in [0.15, 0.2) is 205 Å². The molecule has 0 unspecified atom stereocenters. The van der Waals surface area contributed by atoms with E-state index in [0.29, 0.717) is 0 Å². The molecular weight excluding hydrogens is 751 g/mol. The maximum Gasteiger partial charge on any atom is 0.143 e. The predicted molar refractivity (Wildman–Crippen MR) is 258 cm³/mol. The van der Waals surface area contributed by atoms with Crippen LogP contribution in [0, 0.1) is 13.8 Å². The molecule has 0 radical (unpaired) electrons. The van der Waals surface area contributed by atoms with Crippen LogP contribution in [0.5, 0.6) is 0 Å². The number of hydrogen-bond acceptors (Lipinski definition) is 2. The van der Waals surface area contributed by atoms with Crippen LogP contribution in [0.3, 0.4) is 0 Å². The zero-order valence-electron chi connectivity index (χ0n) is 35.4. The SMILES string of the molecule is Cc1ccc(C2(c3ccc(C)cc3)c3ccccc3-c3c(N(c4ccc(-c5cccc6c5oc5ccccc56)cc4)c4ccc5c(c4)C(C)(C)c4ccccc4-5)cccc32)cc1. The molecule has 0 bridgehead atoms. The van der Waals surface area contributed by atoms with E-state index >= 15 is 0 Å². The van der Waals surface area contributed by atoms with Crippen molar-refractivity contribution in [3.8, 4) is 33.4 Å². The molecule has 0 aliphatic heterocycles. The molecule has 2 aliphatic carbocycles. The second-order valence-electron chi connectivity index (χ2n) is 17.8. The first kappa shape index (κ1) is 36.4. The lowest BCUT2D eigenvalue weighted by atomic mass is 9.67. The summed E-state index contributed by atoms with van der Waals surface area (Å²) in [4.78, 5) is 2.50. The van der Waals surface area contributed by atoms with Gasteiger partial charge in [0.25, 0.3) is 0 Å². The summed E-state index contributed by atoms with van der Waals surface area (Å²) in [6, 6.07) is 74.4. The zero-order chi connectivity index (χ0) is 41.7. The van der Waals surface area contributed by atoms with Gasteiger partial charge in [-0.1, -0.05) is 189 Å². The molecule has 1 aromatic heterocycles. The first-order chi connectivity index (χ1) is 30.3. The largest absolute Gasteiger partial charge is 0.455 e. The molecule has 2 heteroatoms. The Balaban J connectivity index is 1.10. The van der Waals surface area contributed by atoms with E-state index in [0.717, 1.165) is 50.1 Å². The van der Waals surface area contributed by atoms with Crippen molar-refractivity contribution in [1.29, 1.82) is 0 Å². The van der Waals surface area contributed by atoms with Gasteiger partial charge in [-0.3, -0.25) is 0 Å². The van der Waals surface area contributed by atoms with Crippen LogP contribution in [0.4, 0.5) is 17.1 Å². The van der Waals surface area contributed by atoms with E-state index < -0.39 is 5.41 Å². The first-order valence-corrected chi connectivity index (χ1v) is 21.8. The fourth-order valence-corrected chi connectivity index (χ4v) is 10.9. The number of aryl methyl sites for hydroxylation is 2. The third-order valence-corrected chi connectivity index (χ3v) is 13.9. The van der Waals surface area contributed by atoms with Gasteiger partial charge in [0.1, 0.15) is 11.2 Å². The molecule has 0 amide bonds. The Morgan fingerprint density at radius 2 is 0.984 bits per heavy atom. The Morgan fingerprint density at radius 1 is 0.419 bits per heavy atom. The van der Waals surface area contributed by atoms with E-state index in [4.69, 9.17) is 4.42 Å². The molecule has 0 atom stereocenters. The molecular formula is C60H45NO. The Kier molecular flexibility index (Phi) is 7.96. The number of furan rings is 1. The van der Waals surface area contributed by atoms with Crippen molar-refractivity contribution in [2.75, 3.05) is 4.90 Å².